The van der Waals surface area contributed by atoms with E-state index in [1.54, 1.807) is 0 Å². The number of nitrogens with zero attached hydrogens (tertiary/aromatic N) is 1. The fourth-order valence-corrected chi connectivity index (χ4v) is 4.48. The monoisotopic (exact) mass is 343 g/mol. The summed E-state index contributed by atoms with van der Waals surface area (Å²) >= 11 is 3.68. The molecule has 0 heterocycles. The van der Waals surface area contributed by atoms with Crippen LogP contribution in [0.5, 0.6) is 5.75 Å². The van der Waals surface area contributed by atoms with Crippen LogP contribution in [-0.4, -0.2) is 15.9 Å². The van der Waals surface area contributed by atoms with Crippen LogP contribution in [0.1, 0.15) is 32.1 Å². The average molecular weight is 344 g/mol. The van der Waals surface area contributed by atoms with E-state index >= 15 is 0 Å². The summed E-state index contributed by atoms with van der Waals surface area (Å²) in [6, 6.07) is 3.56. The van der Waals surface area contributed by atoms with Gasteiger partial charge < -0.3 is 4.74 Å². The summed E-state index contributed by atoms with van der Waals surface area (Å²) in [6.07, 6.45) is 5.43. The maximum absolute atomic E-state index is 13.9. The van der Waals surface area contributed by atoms with Crippen LogP contribution in [-0.2, 0) is 0 Å². The smallest absolute Gasteiger partial charge is 0.272 e. The summed E-state index contributed by atoms with van der Waals surface area (Å²) in [6.45, 7) is 0. The van der Waals surface area contributed by atoms with Crippen LogP contribution >= 0.6 is 15.9 Å². The molecule has 108 valence electrons. The van der Waals surface area contributed by atoms with Gasteiger partial charge in [-0.2, -0.15) is 0 Å². The van der Waals surface area contributed by atoms with Crippen LogP contribution in [0.2, 0.25) is 0 Å². The second kappa shape index (κ2) is 4.98. The molecule has 2 fully saturated rings. The van der Waals surface area contributed by atoms with Crippen LogP contribution in [0.15, 0.2) is 18.2 Å². The van der Waals surface area contributed by atoms with Crippen molar-refractivity contribution in [1.82, 2.24) is 0 Å². The predicted octanol–water partition coefficient (Wildman–Crippen LogP) is 4.21. The lowest BCUT2D eigenvalue weighted by molar-refractivity contribution is -0.385. The standard InChI is InChI=1S/C14H15BrFNO3/c15-12-8-13(14(12)5-1-2-6-14)20-11-4-3-9(17(18)19)7-10(11)16/h3-4,7,12-13H,1-2,5-6,8H2. The molecule has 0 N–H and O–H groups in total. The average Bonchev–Trinajstić information content (AvgIpc) is 2.92. The number of halogens is 2. The molecule has 20 heavy (non-hydrogen) atoms. The third-order valence-corrected chi connectivity index (χ3v) is 5.90. The minimum Gasteiger partial charge on any atom is -0.487 e. The quantitative estimate of drug-likeness (QED) is 0.469. The van der Waals surface area contributed by atoms with Gasteiger partial charge in [0.1, 0.15) is 6.10 Å². The summed E-state index contributed by atoms with van der Waals surface area (Å²) in [5.74, 6) is -0.545. The molecule has 1 aromatic carbocycles. The molecule has 2 aliphatic rings. The number of benzene rings is 1. The first kappa shape index (κ1) is 13.8. The number of ether oxygens (including phenoxy) is 1. The second-order valence-electron chi connectivity index (χ2n) is 5.62. The summed E-state index contributed by atoms with van der Waals surface area (Å²) in [5.41, 5.74) is -0.133. The third-order valence-electron chi connectivity index (χ3n) is 4.62. The molecular formula is C14H15BrFNO3. The molecule has 2 aliphatic carbocycles. The minimum atomic E-state index is -0.662. The third kappa shape index (κ3) is 2.10. The van der Waals surface area contributed by atoms with Crippen molar-refractivity contribution in [1.29, 1.82) is 0 Å². The van der Waals surface area contributed by atoms with Crippen LogP contribution in [0.25, 0.3) is 0 Å². The topological polar surface area (TPSA) is 52.4 Å². The molecule has 2 unspecified atom stereocenters. The highest BCUT2D eigenvalue weighted by molar-refractivity contribution is 9.09. The van der Waals surface area contributed by atoms with Crippen molar-refractivity contribution >= 4 is 21.6 Å². The maximum Gasteiger partial charge on any atom is 0.272 e. The molecular weight excluding hydrogens is 329 g/mol. The highest BCUT2D eigenvalue weighted by Crippen LogP contribution is 2.57. The molecule has 4 nitrogen and oxygen atoms in total. The van der Waals surface area contributed by atoms with Crippen LogP contribution < -0.4 is 4.74 Å². The minimum absolute atomic E-state index is 0.00494. The molecule has 0 saturated heterocycles. The largest absolute Gasteiger partial charge is 0.487 e. The predicted molar refractivity (Wildman–Crippen MR) is 75.7 cm³/mol. The van der Waals surface area contributed by atoms with E-state index in [9.17, 15) is 14.5 Å². The highest BCUT2D eigenvalue weighted by Gasteiger charge is 2.56. The molecule has 0 radical (unpaired) electrons. The fraction of sp³-hybridized carbons (Fsp3) is 0.571. The molecule has 0 amide bonds. The van der Waals surface area contributed by atoms with Gasteiger partial charge in [0.05, 0.1) is 11.0 Å². The van der Waals surface area contributed by atoms with E-state index in [2.05, 4.69) is 15.9 Å². The van der Waals surface area contributed by atoms with Crippen molar-refractivity contribution < 1.29 is 14.1 Å². The van der Waals surface area contributed by atoms with Crippen molar-refractivity contribution in [2.24, 2.45) is 5.41 Å². The van der Waals surface area contributed by atoms with E-state index in [1.807, 2.05) is 0 Å². The van der Waals surface area contributed by atoms with E-state index < -0.39 is 10.7 Å². The Hall–Kier alpha value is -1.17. The first-order chi connectivity index (χ1) is 9.53. The van der Waals surface area contributed by atoms with Gasteiger partial charge in [-0.15, -0.1) is 0 Å². The highest BCUT2D eigenvalue weighted by atomic mass is 79.9. The lowest BCUT2D eigenvalue weighted by atomic mass is 9.64. The van der Waals surface area contributed by atoms with Gasteiger partial charge >= 0.3 is 0 Å². The molecule has 2 saturated carbocycles. The van der Waals surface area contributed by atoms with Crippen molar-refractivity contribution in [3.05, 3.63) is 34.1 Å². The second-order valence-corrected chi connectivity index (χ2v) is 6.73. The lowest BCUT2D eigenvalue weighted by Gasteiger charge is -2.51. The summed E-state index contributed by atoms with van der Waals surface area (Å²) in [5, 5.41) is 10.6. The van der Waals surface area contributed by atoms with Crippen molar-refractivity contribution in [2.45, 2.75) is 43.0 Å². The maximum atomic E-state index is 13.9. The van der Waals surface area contributed by atoms with Gasteiger partial charge in [-0.25, -0.2) is 4.39 Å². The number of rotatable bonds is 3. The molecule has 0 aromatic heterocycles. The summed E-state index contributed by atoms with van der Waals surface area (Å²) in [7, 11) is 0. The summed E-state index contributed by atoms with van der Waals surface area (Å²) in [4.78, 5) is 10.4. The zero-order valence-corrected chi connectivity index (χ0v) is 12.4. The number of nitro benzene ring substituents is 1. The number of non-ortho nitro benzene ring substituents is 1. The molecule has 1 aromatic rings. The van der Waals surface area contributed by atoms with Gasteiger partial charge in [0.25, 0.3) is 5.69 Å². The van der Waals surface area contributed by atoms with E-state index in [0.29, 0.717) is 4.83 Å². The Morgan fingerprint density at radius 2 is 2.10 bits per heavy atom. The Kier molecular flexibility index (Phi) is 3.44. The van der Waals surface area contributed by atoms with E-state index in [0.717, 1.165) is 25.3 Å². The van der Waals surface area contributed by atoms with Gasteiger partial charge in [0.15, 0.2) is 11.6 Å². The Balaban J connectivity index is 1.77. The van der Waals surface area contributed by atoms with Crippen molar-refractivity contribution in [3.8, 4) is 5.75 Å². The normalized spacial score (nSPS) is 27.3. The molecule has 0 bridgehead atoms. The first-order valence-corrected chi connectivity index (χ1v) is 7.69. The number of alkyl halides is 1. The van der Waals surface area contributed by atoms with Crippen molar-refractivity contribution in [3.63, 3.8) is 0 Å². The molecule has 1 spiro atoms. The van der Waals surface area contributed by atoms with E-state index in [4.69, 9.17) is 4.74 Å². The molecule has 6 heteroatoms. The Labute approximate surface area is 124 Å². The van der Waals surface area contributed by atoms with Gasteiger partial charge in [0, 0.05) is 16.3 Å². The lowest BCUT2D eigenvalue weighted by Crippen LogP contribution is -2.55. The SMILES string of the molecule is O=[N+]([O-])c1ccc(OC2CC(Br)C23CCCC3)c(F)c1. The van der Waals surface area contributed by atoms with Gasteiger partial charge in [-0.1, -0.05) is 28.8 Å². The zero-order chi connectivity index (χ0) is 14.3. The van der Waals surface area contributed by atoms with Crippen LogP contribution in [0.3, 0.4) is 0 Å². The van der Waals surface area contributed by atoms with Crippen molar-refractivity contribution in [2.75, 3.05) is 0 Å². The Morgan fingerprint density at radius 3 is 2.65 bits per heavy atom. The fourth-order valence-electron chi connectivity index (χ4n) is 3.38. The number of hydrogen-bond donors (Lipinski definition) is 0. The van der Waals surface area contributed by atoms with Gasteiger partial charge in [-0.05, 0) is 25.3 Å². The number of hydrogen-bond acceptors (Lipinski definition) is 3. The van der Waals surface area contributed by atoms with Gasteiger partial charge in [0.2, 0.25) is 0 Å². The van der Waals surface area contributed by atoms with Crippen LogP contribution in [0.4, 0.5) is 10.1 Å². The van der Waals surface area contributed by atoms with Crippen LogP contribution in [0, 0.1) is 21.3 Å². The van der Waals surface area contributed by atoms with Gasteiger partial charge in [-0.3, -0.25) is 10.1 Å². The Morgan fingerprint density at radius 1 is 1.40 bits per heavy atom. The molecule has 0 aliphatic heterocycles. The first-order valence-electron chi connectivity index (χ1n) is 6.77. The molecule has 2 atom stereocenters. The number of nitro groups is 1. The summed E-state index contributed by atoms with van der Waals surface area (Å²) < 4.78 is 19.7. The van der Waals surface area contributed by atoms with E-state index in [-0.39, 0.29) is 23.0 Å². The Bertz CT molecular complexity index is 545. The molecule has 3 rings (SSSR count). The van der Waals surface area contributed by atoms with E-state index in [1.165, 1.54) is 25.0 Å². The zero-order valence-electron chi connectivity index (χ0n) is 10.9.